The molecule has 1 heterocycles. The second kappa shape index (κ2) is 9.05. The predicted octanol–water partition coefficient (Wildman–Crippen LogP) is 4.02. The summed E-state index contributed by atoms with van der Waals surface area (Å²) in [7, 11) is 0. The summed E-state index contributed by atoms with van der Waals surface area (Å²) in [6, 6.07) is 4.49. The Bertz CT molecular complexity index is 774. The third-order valence-corrected chi connectivity index (χ3v) is 4.32. The van der Waals surface area contributed by atoms with Crippen LogP contribution in [0.4, 0.5) is 0 Å². The van der Waals surface area contributed by atoms with Crippen molar-refractivity contribution in [2.75, 3.05) is 19.7 Å². The molecule has 8 heteroatoms. The van der Waals surface area contributed by atoms with Crippen LogP contribution in [0.2, 0.25) is 10.0 Å². The summed E-state index contributed by atoms with van der Waals surface area (Å²) in [6.45, 7) is 3.79. The van der Waals surface area contributed by atoms with Crippen LogP contribution in [0.1, 0.15) is 37.0 Å². The molecule has 0 bridgehead atoms. The maximum absolute atomic E-state index is 12.7. The number of benzene rings is 1. The molecule has 26 heavy (non-hydrogen) atoms. The molecule has 0 saturated carbocycles. The molecule has 6 nitrogen and oxygen atoms in total. The minimum atomic E-state index is -0.454. The van der Waals surface area contributed by atoms with E-state index in [-0.39, 0.29) is 40.8 Å². The largest absolute Gasteiger partial charge is 0.510 e. The molecule has 2 rings (SSSR count). The number of Topliss-reactive ketones (excluding diaryl/α,β-unsaturated/α-hetero) is 1. The van der Waals surface area contributed by atoms with E-state index >= 15 is 0 Å². The van der Waals surface area contributed by atoms with Crippen LogP contribution in [0.5, 0.6) is 0 Å². The number of aliphatic hydroxyl groups is 1. The highest BCUT2D eigenvalue weighted by Gasteiger charge is 2.32. The first-order valence-electron chi connectivity index (χ1n) is 8.27. The summed E-state index contributed by atoms with van der Waals surface area (Å²) in [4.78, 5) is 31.5. The number of hydrogen-bond acceptors (Lipinski definition) is 5. The minimum absolute atomic E-state index is 0.103. The first-order chi connectivity index (χ1) is 12.4. The van der Waals surface area contributed by atoms with E-state index in [2.05, 4.69) is 5.16 Å². The van der Waals surface area contributed by atoms with Crippen molar-refractivity contribution in [1.82, 2.24) is 4.90 Å². The van der Waals surface area contributed by atoms with Gasteiger partial charge in [0.05, 0.1) is 35.0 Å². The van der Waals surface area contributed by atoms with E-state index in [1.807, 2.05) is 6.92 Å². The lowest BCUT2D eigenvalue weighted by molar-refractivity contribution is -0.116. The number of nitrogens with zero attached hydrogens (tertiary/aromatic N) is 2. The zero-order valence-electron chi connectivity index (χ0n) is 14.6. The van der Waals surface area contributed by atoms with Gasteiger partial charge in [0.1, 0.15) is 12.4 Å². The van der Waals surface area contributed by atoms with Gasteiger partial charge in [0.2, 0.25) is 0 Å². The molecular formula is C18H20Cl2N2O4. The summed E-state index contributed by atoms with van der Waals surface area (Å²) in [5.41, 5.74) is 0.747. The first-order valence-corrected chi connectivity index (χ1v) is 9.03. The van der Waals surface area contributed by atoms with Crippen molar-refractivity contribution in [1.29, 1.82) is 0 Å². The van der Waals surface area contributed by atoms with Crippen LogP contribution >= 0.6 is 23.2 Å². The van der Waals surface area contributed by atoms with Crippen molar-refractivity contribution >= 4 is 40.6 Å². The smallest absolute Gasteiger partial charge is 0.256 e. The van der Waals surface area contributed by atoms with Crippen molar-refractivity contribution in [3.8, 4) is 0 Å². The molecule has 1 amide bonds. The molecule has 1 N–H and O–H groups in total. The average Bonchev–Trinajstić information content (AvgIpc) is 2.58. The fourth-order valence-corrected chi connectivity index (χ4v) is 3.12. The molecule has 0 radical (unpaired) electrons. The molecule has 0 aliphatic carbocycles. The van der Waals surface area contributed by atoms with E-state index in [9.17, 15) is 14.7 Å². The van der Waals surface area contributed by atoms with Gasteiger partial charge in [-0.1, -0.05) is 41.7 Å². The lowest BCUT2D eigenvalue weighted by Crippen LogP contribution is -2.43. The standard InChI is InChI=1S/C18H20Cl2N2O4/c1-3-5-14(21-26-4-2)17-15(23)9-22(10-16(17)24)18(25)12-7-6-11(19)8-13(12)20/h6-8,23H,3-5,9-10H2,1-2H3. The van der Waals surface area contributed by atoms with Crippen molar-refractivity contribution in [3.63, 3.8) is 0 Å². The molecule has 0 unspecified atom stereocenters. The zero-order valence-corrected chi connectivity index (χ0v) is 16.1. The van der Waals surface area contributed by atoms with Gasteiger partial charge in [-0.15, -0.1) is 0 Å². The van der Waals surface area contributed by atoms with Crippen molar-refractivity contribution in [3.05, 3.63) is 45.1 Å². The Kier molecular flexibility index (Phi) is 7.06. The van der Waals surface area contributed by atoms with Crippen molar-refractivity contribution < 1.29 is 19.5 Å². The van der Waals surface area contributed by atoms with Crippen LogP contribution in [0.3, 0.4) is 0 Å². The summed E-state index contributed by atoms with van der Waals surface area (Å²) in [5.74, 6) is -1.05. The van der Waals surface area contributed by atoms with Crippen LogP contribution in [-0.4, -0.2) is 47.1 Å². The van der Waals surface area contributed by atoms with E-state index in [1.165, 1.54) is 17.0 Å². The van der Waals surface area contributed by atoms with Crippen LogP contribution in [-0.2, 0) is 9.63 Å². The second-order valence-corrected chi connectivity index (χ2v) is 6.58. The number of aliphatic hydroxyl groups excluding tert-OH is 1. The minimum Gasteiger partial charge on any atom is -0.510 e. The Morgan fingerprint density at radius 3 is 2.62 bits per heavy atom. The SMILES string of the molecule is CCCC(=NOCC)C1=C(O)CN(C(=O)c2ccc(Cl)cc2Cl)CC1=O. The van der Waals surface area contributed by atoms with Gasteiger partial charge >= 0.3 is 0 Å². The third-order valence-electron chi connectivity index (χ3n) is 3.77. The molecule has 1 aliphatic rings. The van der Waals surface area contributed by atoms with E-state index in [0.29, 0.717) is 23.8 Å². The number of ketones is 1. The molecular weight excluding hydrogens is 379 g/mol. The number of carbonyl (C=O) groups is 2. The fourth-order valence-electron chi connectivity index (χ4n) is 2.63. The molecule has 0 aromatic heterocycles. The van der Waals surface area contributed by atoms with E-state index in [1.54, 1.807) is 13.0 Å². The number of amides is 1. The Hall–Kier alpha value is -2.05. The Morgan fingerprint density at radius 2 is 2.04 bits per heavy atom. The molecule has 0 spiro atoms. The number of carbonyl (C=O) groups excluding carboxylic acids is 2. The Morgan fingerprint density at radius 1 is 1.31 bits per heavy atom. The van der Waals surface area contributed by atoms with Gasteiger partial charge in [0.15, 0.2) is 5.78 Å². The predicted molar refractivity (Wildman–Crippen MR) is 101 cm³/mol. The third kappa shape index (κ3) is 4.56. The monoisotopic (exact) mass is 398 g/mol. The summed E-state index contributed by atoms with van der Waals surface area (Å²) in [6.07, 6.45) is 1.22. The van der Waals surface area contributed by atoms with Gasteiger partial charge in [-0.05, 0) is 31.5 Å². The number of oxime groups is 1. The van der Waals surface area contributed by atoms with Gasteiger partial charge in [0.25, 0.3) is 5.91 Å². The quantitative estimate of drug-likeness (QED) is 0.579. The number of hydrogen-bond donors (Lipinski definition) is 1. The van der Waals surface area contributed by atoms with Crippen LogP contribution in [0.15, 0.2) is 34.7 Å². The van der Waals surface area contributed by atoms with Gasteiger partial charge in [0, 0.05) is 5.02 Å². The zero-order chi connectivity index (χ0) is 19.3. The molecule has 1 aromatic carbocycles. The summed E-state index contributed by atoms with van der Waals surface area (Å²) >= 11 is 11.9. The molecule has 1 aromatic rings. The Labute approximate surface area is 162 Å². The van der Waals surface area contributed by atoms with Crippen LogP contribution < -0.4 is 0 Å². The fraction of sp³-hybridized carbons (Fsp3) is 0.389. The lowest BCUT2D eigenvalue weighted by atomic mass is 9.96. The van der Waals surface area contributed by atoms with Crippen molar-refractivity contribution in [2.45, 2.75) is 26.7 Å². The highest BCUT2D eigenvalue weighted by Crippen LogP contribution is 2.25. The van der Waals surface area contributed by atoms with Gasteiger partial charge in [-0.2, -0.15) is 0 Å². The topological polar surface area (TPSA) is 79.2 Å². The van der Waals surface area contributed by atoms with Gasteiger partial charge in [-0.3, -0.25) is 9.59 Å². The molecule has 0 saturated heterocycles. The van der Waals surface area contributed by atoms with E-state index in [0.717, 1.165) is 6.42 Å². The van der Waals surface area contributed by atoms with Crippen LogP contribution in [0.25, 0.3) is 0 Å². The first kappa shape index (κ1) is 20.3. The van der Waals surface area contributed by atoms with Gasteiger partial charge in [-0.25, -0.2) is 0 Å². The molecule has 0 atom stereocenters. The van der Waals surface area contributed by atoms with Crippen LogP contribution in [0, 0.1) is 0 Å². The maximum Gasteiger partial charge on any atom is 0.256 e. The number of rotatable bonds is 6. The highest BCUT2D eigenvalue weighted by molar-refractivity contribution is 6.36. The Balaban J connectivity index is 2.29. The summed E-state index contributed by atoms with van der Waals surface area (Å²) in [5, 5.41) is 14.9. The normalized spacial score (nSPS) is 15.5. The average molecular weight is 399 g/mol. The van der Waals surface area contributed by atoms with E-state index < -0.39 is 5.91 Å². The summed E-state index contributed by atoms with van der Waals surface area (Å²) < 4.78 is 0. The molecule has 1 aliphatic heterocycles. The number of halogens is 2. The van der Waals surface area contributed by atoms with E-state index in [4.69, 9.17) is 28.0 Å². The highest BCUT2D eigenvalue weighted by atomic mass is 35.5. The lowest BCUT2D eigenvalue weighted by Gasteiger charge is -2.28. The molecule has 0 fully saturated rings. The maximum atomic E-state index is 12.7. The van der Waals surface area contributed by atoms with Gasteiger partial charge < -0.3 is 14.8 Å². The molecule has 140 valence electrons. The second-order valence-electron chi connectivity index (χ2n) is 5.74. The van der Waals surface area contributed by atoms with Crippen molar-refractivity contribution in [2.24, 2.45) is 5.16 Å².